The number of hydrogen-bond donors (Lipinski definition) is 2. The third-order valence-corrected chi connectivity index (χ3v) is 4.19. The van der Waals surface area contributed by atoms with Crippen molar-refractivity contribution in [2.24, 2.45) is 0 Å². The Bertz CT molecular complexity index is 810. The van der Waals surface area contributed by atoms with Gasteiger partial charge < -0.3 is 15.6 Å². The summed E-state index contributed by atoms with van der Waals surface area (Å²) in [4.78, 5) is 11.2. The van der Waals surface area contributed by atoms with E-state index in [1.54, 1.807) is 17.4 Å². The molecule has 3 N–H and O–H groups in total. The first-order valence-corrected chi connectivity index (χ1v) is 7.24. The van der Waals surface area contributed by atoms with Crippen LogP contribution in [0.3, 0.4) is 0 Å². The lowest BCUT2D eigenvalue weighted by molar-refractivity contribution is 0.0692. The van der Waals surface area contributed by atoms with E-state index in [9.17, 15) is 4.79 Å². The number of aromatic carboxylic acids is 1. The average molecular weight is 299 g/mol. The third kappa shape index (κ3) is 2.68. The van der Waals surface area contributed by atoms with Crippen LogP contribution in [0.4, 0.5) is 5.69 Å². The Kier molecular flexibility index (Phi) is 3.50. The molecule has 0 radical (unpaired) electrons. The predicted octanol–water partition coefficient (Wildman–Crippen LogP) is 3.76. The van der Waals surface area contributed by atoms with E-state index in [0.717, 1.165) is 10.9 Å². The molecule has 0 unspecified atom stereocenters. The summed E-state index contributed by atoms with van der Waals surface area (Å²) in [5.41, 5.74) is 7.32. The number of nitrogens with two attached hydrogens (primary N) is 1. The largest absolute Gasteiger partial charge is 0.488 e. The van der Waals surface area contributed by atoms with Crippen LogP contribution in [0.25, 0.3) is 10.1 Å². The van der Waals surface area contributed by atoms with Crippen molar-refractivity contribution in [2.45, 2.75) is 6.61 Å². The van der Waals surface area contributed by atoms with E-state index in [-0.39, 0.29) is 11.3 Å². The number of fused-ring (bicyclic) bond motifs is 1. The Hall–Kier alpha value is -2.53. The minimum Gasteiger partial charge on any atom is -0.488 e. The number of carbonyl (C=O) groups is 1. The number of carboxylic acids is 1. The van der Waals surface area contributed by atoms with E-state index < -0.39 is 5.97 Å². The second-order valence-electron chi connectivity index (χ2n) is 4.61. The van der Waals surface area contributed by atoms with Gasteiger partial charge in [-0.15, -0.1) is 11.3 Å². The van der Waals surface area contributed by atoms with Gasteiger partial charge in [-0.2, -0.15) is 0 Å². The number of anilines is 1. The minimum absolute atomic E-state index is 0.115. The molecule has 21 heavy (non-hydrogen) atoms. The Balaban J connectivity index is 1.88. The van der Waals surface area contributed by atoms with E-state index in [4.69, 9.17) is 15.6 Å². The van der Waals surface area contributed by atoms with Crippen molar-refractivity contribution in [3.63, 3.8) is 0 Å². The van der Waals surface area contributed by atoms with Crippen molar-refractivity contribution in [1.29, 1.82) is 0 Å². The van der Waals surface area contributed by atoms with Crippen molar-refractivity contribution in [1.82, 2.24) is 0 Å². The normalized spacial score (nSPS) is 10.7. The molecule has 0 aliphatic carbocycles. The van der Waals surface area contributed by atoms with Crippen LogP contribution in [0.5, 0.6) is 5.75 Å². The zero-order chi connectivity index (χ0) is 14.8. The lowest BCUT2D eigenvalue weighted by atomic mass is 10.1. The van der Waals surface area contributed by atoms with Gasteiger partial charge in [0.25, 0.3) is 0 Å². The molecular formula is C16H13NO3S. The number of rotatable bonds is 4. The molecule has 1 aromatic heterocycles. The molecule has 3 aromatic rings. The van der Waals surface area contributed by atoms with Gasteiger partial charge in [0.2, 0.25) is 0 Å². The van der Waals surface area contributed by atoms with Crippen molar-refractivity contribution in [3.05, 3.63) is 59.0 Å². The number of carboxylic acid groups (broad SMARTS) is 1. The van der Waals surface area contributed by atoms with Gasteiger partial charge in [-0.25, -0.2) is 4.79 Å². The Morgan fingerprint density at radius 3 is 2.86 bits per heavy atom. The number of thiophene rings is 1. The van der Waals surface area contributed by atoms with Gasteiger partial charge >= 0.3 is 5.97 Å². The monoisotopic (exact) mass is 299 g/mol. The number of nitrogen functional groups attached to an aromatic ring is 1. The molecule has 0 fully saturated rings. The first-order chi connectivity index (χ1) is 10.1. The highest BCUT2D eigenvalue weighted by Gasteiger charge is 2.12. The van der Waals surface area contributed by atoms with Crippen LogP contribution in [0.15, 0.2) is 47.8 Å². The molecule has 0 amide bonds. The van der Waals surface area contributed by atoms with Crippen molar-refractivity contribution in [2.75, 3.05) is 5.73 Å². The Morgan fingerprint density at radius 2 is 2.05 bits per heavy atom. The standard InChI is InChI=1S/C16H13NO3S/c17-11-5-6-13(16(18)19)14(7-11)20-8-10-9-21-15-4-2-1-3-12(10)15/h1-7,9H,8,17H2,(H,18,19). The SMILES string of the molecule is Nc1ccc(C(=O)O)c(OCc2csc3ccccc23)c1. The number of ether oxygens (including phenoxy) is 1. The highest BCUT2D eigenvalue weighted by atomic mass is 32.1. The fourth-order valence-electron chi connectivity index (χ4n) is 2.14. The van der Waals surface area contributed by atoms with E-state index in [1.165, 1.54) is 16.8 Å². The summed E-state index contributed by atoms with van der Waals surface area (Å²) < 4.78 is 6.86. The summed E-state index contributed by atoms with van der Waals surface area (Å²) in [7, 11) is 0. The van der Waals surface area contributed by atoms with Crippen molar-refractivity contribution >= 4 is 33.1 Å². The lowest BCUT2D eigenvalue weighted by Crippen LogP contribution is -2.04. The first kappa shape index (κ1) is 13.5. The predicted molar refractivity (Wildman–Crippen MR) is 84.0 cm³/mol. The fourth-order valence-corrected chi connectivity index (χ4v) is 3.08. The molecule has 4 nitrogen and oxygen atoms in total. The first-order valence-electron chi connectivity index (χ1n) is 6.36. The Labute approximate surface area is 125 Å². The van der Waals surface area contributed by atoms with Crippen LogP contribution in [0.2, 0.25) is 0 Å². The highest BCUT2D eigenvalue weighted by Crippen LogP contribution is 2.28. The molecule has 0 atom stereocenters. The zero-order valence-corrected chi connectivity index (χ0v) is 11.9. The van der Waals surface area contributed by atoms with Gasteiger partial charge in [-0.3, -0.25) is 0 Å². The van der Waals surface area contributed by atoms with Crippen molar-refractivity contribution in [3.8, 4) is 5.75 Å². The maximum absolute atomic E-state index is 11.2. The maximum Gasteiger partial charge on any atom is 0.339 e. The topological polar surface area (TPSA) is 72.6 Å². The van der Waals surface area contributed by atoms with E-state index in [2.05, 4.69) is 0 Å². The molecule has 0 spiro atoms. The van der Waals surface area contributed by atoms with Gasteiger partial charge in [-0.1, -0.05) is 18.2 Å². The van der Waals surface area contributed by atoms with Crippen LogP contribution in [0.1, 0.15) is 15.9 Å². The Morgan fingerprint density at radius 1 is 1.24 bits per heavy atom. The molecule has 106 valence electrons. The van der Waals surface area contributed by atoms with E-state index in [0.29, 0.717) is 12.3 Å². The molecule has 0 bridgehead atoms. The molecule has 2 aromatic carbocycles. The summed E-state index contributed by atoms with van der Waals surface area (Å²) in [5.74, 6) is -0.738. The summed E-state index contributed by atoms with van der Waals surface area (Å²) in [6.45, 7) is 0.313. The highest BCUT2D eigenvalue weighted by molar-refractivity contribution is 7.17. The van der Waals surface area contributed by atoms with Gasteiger partial charge in [0.1, 0.15) is 17.9 Å². The van der Waals surface area contributed by atoms with E-state index in [1.807, 2.05) is 29.6 Å². The van der Waals surface area contributed by atoms with Crippen LogP contribution in [-0.2, 0) is 6.61 Å². The second kappa shape index (κ2) is 5.46. The molecule has 1 heterocycles. The summed E-state index contributed by atoms with van der Waals surface area (Å²) >= 11 is 1.64. The fraction of sp³-hybridized carbons (Fsp3) is 0.0625. The number of benzene rings is 2. The molecular weight excluding hydrogens is 286 g/mol. The van der Waals surface area contributed by atoms with Gasteiger partial charge in [0.05, 0.1) is 0 Å². The molecule has 0 saturated carbocycles. The third-order valence-electron chi connectivity index (χ3n) is 3.18. The van der Waals surface area contributed by atoms with Gasteiger partial charge in [-0.05, 0) is 29.0 Å². The second-order valence-corrected chi connectivity index (χ2v) is 5.52. The van der Waals surface area contributed by atoms with Crippen LogP contribution >= 0.6 is 11.3 Å². The van der Waals surface area contributed by atoms with Crippen LogP contribution < -0.4 is 10.5 Å². The quantitative estimate of drug-likeness (QED) is 0.719. The van der Waals surface area contributed by atoms with Gasteiger partial charge in [0.15, 0.2) is 0 Å². The summed E-state index contributed by atoms with van der Waals surface area (Å²) in [5, 5.41) is 12.3. The van der Waals surface area contributed by atoms with E-state index >= 15 is 0 Å². The van der Waals surface area contributed by atoms with Crippen LogP contribution in [-0.4, -0.2) is 11.1 Å². The smallest absolute Gasteiger partial charge is 0.339 e. The minimum atomic E-state index is -1.03. The molecule has 5 heteroatoms. The zero-order valence-electron chi connectivity index (χ0n) is 11.1. The summed E-state index contributed by atoms with van der Waals surface area (Å²) in [6.07, 6.45) is 0. The molecule has 3 rings (SSSR count). The summed E-state index contributed by atoms with van der Waals surface area (Å²) in [6, 6.07) is 12.6. The lowest BCUT2D eigenvalue weighted by Gasteiger charge is -2.09. The molecule has 0 saturated heterocycles. The molecule has 0 aliphatic rings. The maximum atomic E-state index is 11.2. The van der Waals surface area contributed by atoms with Crippen LogP contribution in [0, 0.1) is 0 Å². The molecule has 0 aliphatic heterocycles. The average Bonchev–Trinajstić information content (AvgIpc) is 2.88. The van der Waals surface area contributed by atoms with Crippen molar-refractivity contribution < 1.29 is 14.6 Å². The number of hydrogen-bond acceptors (Lipinski definition) is 4. The van der Waals surface area contributed by atoms with Gasteiger partial charge in [0, 0.05) is 22.0 Å².